The van der Waals surface area contributed by atoms with Crippen molar-refractivity contribution in [3.8, 4) is 0 Å². The van der Waals surface area contributed by atoms with E-state index in [1.54, 1.807) is 6.33 Å². The maximum absolute atomic E-state index is 4.65. The van der Waals surface area contributed by atoms with Gasteiger partial charge in [0.2, 0.25) is 0 Å². The van der Waals surface area contributed by atoms with E-state index in [9.17, 15) is 0 Å². The fourth-order valence-electron chi connectivity index (χ4n) is 3.42. The molecular weight excluding hydrogens is 324 g/mol. The van der Waals surface area contributed by atoms with E-state index in [2.05, 4.69) is 63.2 Å². The summed E-state index contributed by atoms with van der Waals surface area (Å²) in [6, 6.07) is 4.15. The van der Waals surface area contributed by atoms with E-state index in [4.69, 9.17) is 0 Å². The SMILES string of the molecule is CC(C)(CCC(C)(C)n1cnc2cnccc21)c1cc2[nH]cnc2cn1. The molecule has 0 unspecified atom stereocenters. The first kappa shape index (κ1) is 16.7. The number of aromatic nitrogens is 6. The Bertz CT molecular complexity index is 1060. The van der Waals surface area contributed by atoms with Crippen LogP contribution in [0.5, 0.6) is 0 Å². The van der Waals surface area contributed by atoms with E-state index in [-0.39, 0.29) is 11.0 Å². The number of rotatable bonds is 5. The van der Waals surface area contributed by atoms with Crippen LogP contribution in [-0.4, -0.2) is 29.5 Å². The monoisotopic (exact) mass is 348 g/mol. The summed E-state index contributed by atoms with van der Waals surface area (Å²) in [6.07, 6.45) is 11.2. The molecule has 0 aliphatic heterocycles. The van der Waals surface area contributed by atoms with Crippen LogP contribution < -0.4 is 0 Å². The largest absolute Gasteiger partial charge is 0.344 e. The van der Waals surface area contributed by atoms with Crippen LogP contribution in [0.25, 0.3) is 22.1 Å². The Hall–Kier alpha value is -2.76. The minimum atomic E-state index is -0.0501. The average molecular weight is 348 g/mol. The molecule has 0 atom stereocenters. The molecule has 0 radical (unpaired) electrons. The Morgan fingerprint density at radius 1 is 1.00 bits per heavy atom. The van der Waals surface area contributed by atoms with Gasteiger partial charge >= 0.3 is 0 Å². The molecule has 4 heterocycles. The molecule has 0 saturated heterocycles. The van der Waals surface area contributed by atoms with E-state index >= 15 is 0 Å². The highest BCUT2D eigenvalue weighted by Gasteiger charge is 2.29. The van der Waals surface area contributed by atoms with Gasteiger partial charge in [-0.25, -0.2) is 9.97 Å². The van der Waals surface area contributed by atoms with Crippen molar-refractivity contribution in [3.63, 3.8) is 0 Å². The molecule has 0 amide bonds. The first-order valence-electron chi connectivity index (χ1n) is 8.94. The first-order chi connectivity index (χ1) is 12.4. The molecule has 4 aromatic rings. The molecular formula is C20H24N6. The van der Waals surface area contributed by atoms with Crippen LogP contribution in [0, 0.1) is 0 Å². The molecule has 0 fully saturated rings. The number of hydrogen-bond acceptors (Lipinski definition) is 4. The van der Waals surface area contributed by atoms with Gasteiger partial charge in [-0.1, -0.05) is 13.8 Å². The molecule has 6 nitrogen and oxygen atoms in total. The smallest absolute Gasteiger partial charge is 0.107 e. The second kappa shape index (κ2) is 5.90. The van der Waals surface area contributed by atoms with Gasteiger partial charge in [-0.05, 0) is 38.8 Å². The molecule has 0 aliphatic rings. The molecule has 4 aromatic heterocycles. The Labute approximate surface area is 152 Å². The topological polar surface area (TPSA) is 72.3 Å². The number of hydrogen-bond donors (Lipinski definition) is 1. The lowest BCUT2D eigenvalue weighted by atomic mass is 9.80. The summed E-state index contributed by atoms with van der Waals surface area (Å²) in [6.45, 7) is 9.03. The fourth-order valence-corrected chi connectivity index (χ4v) is 3.42. The quantitative estimate of drug-likeness (QED) is 0.587. The Morgan fingerprint density at radius 3 is 2.69 bits per heavy atom. The molecule has 0 aromatic carbocycles. The third kappa shape index (κ3) is 2.85. The van der Waals surface area contributed by atoms with Gasteiger partial charge in [0.05, 0.1) is 36.1 Å². The van der Waals surface area contributed by atoms with Crippen molar-refractivity contribution >= 4 is 22.1 Å². The third-order valence-corrected chi connectivity index (χ3v) is 5.36. The summed E-state index contributed by atoms with van der Waals surface area (Å²) < 4.78 is 2.26. The Balaban J connectivity index is 1.58. The molecule has 0 spiro atoms. The summed E-state index contributed by atoms with van der Waals surface area (Å²) >= 11 is 0. The van der Waals surface area contributed by atoms with Gasteiger partial charge in [0.25, 0.3) is 0 Å². The lowest BCUT2D eigenvalue weighted by Crippen LogP contribution is -2.29. The molecule has 0 bridgehead atoms. The maximum atomic E-state index is 4.65. The van der Waals surface area contributed by atoms with Crippen molar-refractivity contribution in [3.05, 3.63) is 49.1 Å². The van der Waals surface area contributed by atoms with Crippen LogP contribution in [0.1, 0.15) is 46.2 Å². The van der Waals surface area contributed by atoms with Gasteiger partial charge in [0.1, 0.15) is 11.0 Å². The molecule has 1 N–H and O–H groups in total. The number of nitrogens with one attached hydrogen (secondary N) is 1. The first-order valence-corrected chi connectivity index (χ1v) is 8.94. The van der Waals surface area contributed by atoms with E-state index in [1.165, 1.54) is 0 Å². The van der Waals surface area contributed by atoms with E-state index in [1.807, 2.05) is 31.0 Å². The van der Waals surface area contributed by atoms with Crippen LogP contribution >= 0.6 is 0 Å². The molecule has 4 rings (SSSR count). The fraction of sp³-hybridized carbons (Fsp3) is 0.400. The predicted octanol–water partition coefficient (Wildman–Crippen LogP) is 4.20. The van der Waals surface area contributed by atoms with E-state index < -0.39 is 0 Å². The van der Waals surface area contributed by atoms with Crippen LogP contribution in [0.2, 0.25) is 0 Å². The van der Waals surface area contributed by atoms with Crippen LogP contribution in [0.4, 0.5) is 0 Å². The van der Waals surface area contributed by atoms with E-state index in [0.29, 0.717) is 0 Å². The van der Waals surface area contributed by atoms with Crippen molar-refractivity contribution in [2.45, 2.75) is 51.5 Å². The maximum Gasteiger partial charge on any atom is 0.107 e. The Morgan fingerprint density at radius 2 is 1.85 bits per heavy atom. The second-order valence-electron chi connectivity index (χ2n) is 8.16. The van der Waals surface area contributed by atoms with Gasteiger partial charge in [-0.2, -0.15) is 0 Å². The molecule has 6 heteroatoms. The molecule has 0 saturated carbocycles. The standard InChI is InChI=1S/C20H24N6/c1-19(2,18-9-14-15(11-22-18)24-12-23-14)6-7-20(3,4)26-13-25-16-10-21-8-5-17(16)26/h5,8-13H,6-7H2,1-4H3,(H,23,24). The van der Waals surface area contributed by atoms with Crippen LogP contribution in [-0.2, 0) is 11.0 Å². The summed E-state index contributed by atoms with van der Waals surface area (Å²) in [5, 5.41) is 0. The van der Waals surface area contributed by atoms with Gasteiger partial charge in [0, 0.05) is 22.8 Å². The van der Waals surface area contributed by atoms with Crippen LogP contribution in [0.15, 0.2) is 43.4 Å². The summed E-state index contributed by atoms with van der Waals surface area (Å²) in [4.78, 5) is 20.7. The lowest BCUT2D eigenvalue weighted by molar-refractivity contribution is 0.288. The minimum absolute atomic E-state index is 0.0332. The number of fused-ring (bicyclic) bond motifs is 2. The normalized spacial score (nSPS) is 12.9. The highest BCUT2D eigenvalue weighted by Crippen LogP contribution is 2.34. The summed E-state index contributed by atoms with van der Waals surface area (Å²) in [7, 11) is 0. The predicted molar refractivity (Wildman–Crippen MR) is 103 cm³/mol. The number of H-pyrrole nitrogens is 1. The highest BCUT2D eigenvalue weighted by atomic mass is 15.1. The van der Waals surface area contributed by atoms with Crippen molar-refractivity contribution < 1.29 is 0 Å². The average Bonchev–Trinajstić information content (AvgIpc) is 3.26. The van der Waals surface area contributed by atoms with E-state index in [0.717, 1.165) is 40.6 Å². The second-order valence-corrected chi connectivity index (χ2v) is 8.16. The molecule has 26 heavy (non-hydrogen) atoms. The van der Waals surface area contributed by atoms with Gasteiger partial charge in [-0.15, -0.1) is 0 Å². The number of nitrogens with zero attached hydrogens (tertiary/aromatic N) is 5. The molecule has 134 valence electrons. The highest BCUT2D eigenvalue weighted by molar-refractivity contribution is 5.74. The number of aromatic amines is 1. The number of pyridine rings is 2. The van der Waals surface area contributed by atoms with Crippen molar-refractivity contribution in [2.75, 3.05) is 0 Å². The molecule has 0 aliphatic carbocycles. The number of imidazole rings is 2. The van der Waals surface area contributed by atoms with Crippen molar-refractivity contribution in [1.29, 1.82) is 0 Å². The summed E-state index contributed by atoms with van der Waals surface area (Å²) in [5.74, 6) is 0. The zero-order chi connectivity index (χ0) is 18.4. The Kier molecular flexibility index (Phi) is 3.79. The van der Waals surface area contributed by atoms with Crippen molar-refractivity contribution in [2.24, 2.45) is 0 Å². The summed E-state index contributed by atoms with van der Waals surface area (Å²) in [5.41, 5.74) is 5.01. The third-order valence-electron chi connectivity index (χ3n) is 5.36. The zero-order valence-electron chi connectivity index (χ0n) is 15.7. The van der Waals surface area contributed by atoms with Crippen molar-refractivity contribution in [1.82, 2.24) is 29.5 Å². The zero-order valence-corrected chi connectivity index (χ0v) is 15.7. The van der Waals surface area contributed by atoms with Gasteiger partial charge in [0.15, 0.2) is 0 Å². The van der Waals surface area contributed by atoms with Crippen LogP contribution in [0.3, 0.4) is 0 Å². The van der Waals surface area contributed by atoms with Gasteiger partial charge < -0.3 is 9.55 Å². The van der Waals surface area contributed by atoms with Gasteiger partial charge in [-0.3, -0.25) is 9.97 Å². The lowest BCUT2D eigenvalue weighted by Gasteiger charge is -2.32. The minimum Gasteiger partial charge on any atom is -0.344 e.